The summed E-state index contributed by atoms with van der Waals surface area (Å²) in [7, 11) is 1.68. The molecule has 1 amide bonds. The number of carbonyl (C=O) groups excluding carboxylic acids is 1. The molecule has 0 unspecified atom stereocenters. The molecule has 2 aromatic carbocycles. The minimum atomic E-state index is -0.194. The molecule has 9 heteroatoms. The first-order valence-electron chi connectivity index (χ1n) is 9.34. The maximum atomic E-state index is 12.7. The lowest BCUT2D eigenvalue weighted by Crippen LogP contribution is -2.19. The van der Waals surface area contributed by atoms with E-state index in [9.17, 15) is 4.79 Å². The van der Waals surface area contributed by atoms with Crippen LogP contribution in [-0.4, -0.2) is 39.0 Å². The third kappa shape index (κ3) is 4.30. The maximum absolute atomic E-state index is 12.7. The average Bonchev–Trinajstić information content (AvgIpc) is 3.30. The van der Waals surface area contributed by atoms with Crippen LogP contribution in [0.3, 0.4) is 0 Å². The molecule has 0 radical (unpaired) electrons. The second-order valence-corrected chi connectivity index (χ2v) is 7.59. The van der Waals surface area contributed by atoms with Crippen molar-refractivity contribution in [3.05, 3.63) is 64.5 Å². The number of ether oxygens (including phenoxy) is 1. The number of halogens is 1. The van der Waals surface area contributed by atoms with Crippen LogP contribution < -0.4 is 5.32 Å². The Morgan fingerprint density at radius 2 is 2.03 bits per heavy atom. The van der Waals surface area contributed by atoms with Crippen LogP contribution >= 0.6 is 23.8 Å². The Kier molecular flexibility index (Phi) is 5.98. The van der Waals surface area contributed by atoms with E-state index in [1.165, 1.54) is 0 Å². The largest absolute Gasteiger partial charge is 0.383 e. The lowest BCUT2D eigenvalue weighted by atomic mass is 10.2. The molecule has 0 spiro atoms. The van der Waals surface area contributed by atoms with E-state index in [-0.39, 0.29) is 12.5 Å². The summed E-state index contributed by atoms with van der Waals surface area (Å²) in [5, 5.41) is 11.6. The third-order valence-electron chi connectivity index (χ3n) is 4.75. The SMILES string of the molecule is COCCn1ccc2cc(NC(=O)Cn3c(-c4ccc(Cl)cc4)n[nH]c3=S)ccc21. The van der Waals surface area contributed by atoms with Crippen LogP contribution in [0.25, 0.3) is 22.3 Å². The molecule has 2 heterocycles. The molecule has 7 nitrogen and oxygen atoms in total. The van der Waals surface area contributed by atoms with Crippen molar-refractivity contribution in [2.45, 2.75) is 13.1 Å². The number of benzene rings is 2. The van der Waals surface area contributed by atoms with Gasteiger partial charge in [-0.2, -0.15) is 5.10 Å². The minimum Gasteiger partial charge on any atom is -0.383 e. The quantitative estimate of drug-likeness (QED) is 0.414. The number of fused-ring (bicyclic) bond motifs is 1. The van der Waals surface area contributed by atoms with E-state index in [4.69, 9.17) is 28.6 Å². The van der Waals surface area contributed by atoms with Gasteiger partial charge in [0.15, 0.2) is 10.6 Å². The number of hydrogen-bond donors (Lipinski definition) is 2. The fourth-order valence-corrected chi connectivity index (χ4v) is 3.61. The Morgan fingerprint density at radius 3 is 2.80 bits per heavy atom. The zero-order valence-electron chi connectivity index (χ0n) is 16.3. The van der Waals surface area contributed by atoms with Crippen LogP contribution in [0.1, 0.15) is 0 Å². The number of anilines is 1. The number of nitrogens with zero attached hydrogens (tertiary/aromatic N) is 3. The van der Waals surface area contributed by atoms with E-state index in [0.717, 1.165) is 28.7 Å². The van der Waals surface area contributed by atoms with Crippen LogP contribution in [0.15, 0.2) is 54.7 Å². The number of hydrogen-bond acceptors (Lipinski definition) is 4. The van der Waals surface area contributed by atoms with Gasteiger partial charge in [0, 0.05) is 47.0 Å². The van der Waals surface area contributed by atoms with Gasteiger partial charge in [-0.1, -0.05) is 11.6 Å². The first-order valence-corrected chi connectivity index (χ1v) is 10.1. The average molecular weight is 442 g/mol. The van der Waals surface area contributed by atoms with Crippen LogP contribution in [0.5, 0.6) is 0 Å². The number of amides is 1. The monoisotopic (exact) mass is 441 g/mol. The highest BCUT2D eigenvalue weighted by Crippen LogP contribution is 2.22. The molecule has 0 aliphatic heterocycles. The van der Waals surface area contributed by atoms with Gasteiger partial charge in [0.2, 0.25) is 5.91 Å². The van der Waals surface area contributed by atoms with Gasteiger partial charge >= 0.3 is 0 Å². The van der Waals surface area contributed by atoms with Gasteiger partial charge in [0.1, 0.15) is 6.54 Å². The minimum absolute atomic E-state index is 0.0418. The number of carbonyl (C=O) groups is 1. The van der Waals surface area contributed by atoms with E-state index in [1.807, 2.05) is 42.6 Å². The van der Waals surface area contributed by atoms with E-state index in [0.29, 0.717) is 22.2 Å². The Labute approximate surface area is 183 Å². The summed E-state index contributed by atoms with van der Waals surface area (Å²) in [5.41, 5.74) is 2.63. The number of methoxy groups -OCH3 is 1. The number of H-pyrrole nitrogens is 1. The predicted molar refractivity (Wildman–Crippen MR) is 120 cm³/mol. The molecule has 4 aromatic rings. The number of nitrogens with one attached hydrogen (secondary N) is 2. The molecule has 0 fully saturated rings. The van der Waals surface area contributed by atoms with Crippen molar-refractivity contribution in [1.82, 2.24) is 19.3 Å². The molecular weight excluding hydrogens is 422 g/mol. The van der Waals surface area contributed by atoms with E-state index < -0.39 is 0 Å². The summed E-state index contributed by atoms with van der Waals surface area (Å²) < 4.78 is 9.30. The topological polar surface area (TPSA) is 76.9 Å². The van der Waals surface area contributed by atoms with Crippen LogP contribution in [-0.2, 0) is 22.6 Å². The summed E-state index contributed by atoms with van der Waals surface area (Å²) in [6.45, 7) is 1.46. The highest BCUT2D eigenvalue weighted by Gasteiger charge is 2.13. The second kappa shape index (κ2) is 8.83. The molecule has 0 bridgehead atoms. The fraction of sp³-hybridized carbons (Fsp3) is 0.190. The van der Waals surface area contributed by atoms with E-state index in [1.54, 1.807) is 23.8 Å². The Balaban J connectivity index is 1.51. The van der Waals surface area contributed by atoms with Gasteiger partial charge in [-0.15, -0.1) is 0 Å². The molecule has 0 saturated heterocycles. The maximum Gasteiger partial charge on any atom is 0.244 e. The second-order valence-electron chi connectivity index (χ2n) is 6.77. The van der Waals surface area contributed by atoms with Gasteiger partial charge in [0.05, 0.1) is 6.61 Å². The van der Waals surface area contributed by atoms with Crippen molar-refractivity contribution < 1.29 is 9.53 Å². The predicted octanol–water partition coefficient (Wildman–Crippen LogP) is 4.50. The number of aromatic amines is 1. The van der Waals surface area contributed by atoms with Gasteiger partial charge in [-0.25, -0.2) is 0 Å². The first kappa shape index (κ1) is 20.3. The Morgan fingerprint density at radius 1 is 1.23 bits per heavy atom. The summed E-state index contributed by atoms with van der Waals surface area (Å²) in [5.74, 6) is 0.387. The number of rotatable bonds is 7. The molecule has 0 atom stereocenters. The van der Waals surface area contributed by atoms with Crippen molar-refractivity contribution >= 4 is 46.3 Å². The summed E-state index contributed by atoms with van der Waals surface area (Å²) >= 11 is 11.3. The van der Waals surface area contributed by atoms with Crippen molar-refractivity contribution in [2.24, 2.45) is 0 Å². The lowest BCUT2D eigenvalue weighted by Gasteiger charge is -2.09. The van der Waals surface area contributed by atoms with Gasteiger partial charge < -0.3 is 14.6 Å². The number of aromatic nitrogens is 4. The molecule has 0 aliphatic rings. The van der Waals surface area contributed by atoms with E-state index in [2.05, 4.69) is 20.1 Å². The smallest absolute Gasteiger partial charge is 0.244 e. The summed E-state index contributed by atoms with van der Waals surface area (Å²) in [6.07, 6.45) is 2.01. The molecule has 0 aliphatic carbocycles. The van der Waals surface area contributed by atoms with Crippen molar-refractivity contribution in [3.63, 3.8) is 0 Å². The van der Waals surface area contributed by atoms with Gasteiger partial charge in [-0.05, 0) is 60.7 Å². The first-order chi connectivity index (χ1) is 14.5. The fourth-order valence-electron chi connectivity index (χ4n) is 3.29. The Hall–Kier alpha value is -2.94. The van der Waals surface area contributed by atoms with Crippen LogP contribution in [0.4, 0.5) is 5.69 Å². The summed E-state index contributed by atoms with van der Waals surface area (Å²) in [6, 6.07) is 15.1. The molecule has 0 saturated carbocycles. The van der Waals surface area contributed by atoms with Crippen LogP contribution in [0, 0.1) is 4.77 Å². The normalized spacial score (nSPS) is 11.1. The molecule has 2 N–H and O–H groups in total. The molecule has 4 rings (SSSR count). The Bertz CT molecular complexity index is 1240. The van der Waals surface area contributed by atoms with Crippen molar-refractivity contribution in [2.75, 3.05) is 19.0 Å². The standard InChI is InChI=1S/C21H20ClN5O2S/c1-29-11-10-26-9-8-15-12-17(6-7-18(15)26)23-19(28)13-27-20(24-25-21(27)30)14-2-4-16(22)5-3-14/h2-9,12H,10-11,13H2,1H3,(H,23,28)(H,25,30). The van der Waals surface area contributed by atoms with Gasteiger partial charge in [-0.3, -0.25) is 14.5 Å². The molecular formula is C21H20ClN5O2S. The van der Waals surface area contributed by atoms with E-state index >= 15 is 0 Å². The molecule has 2 aromatic heterocycles. The zero-order chi connectivity index (χ0) is 21.1. The van der Waals surface area contributed by atoms with Crippen molar-refractivity contribution in [3.8, 4) is 11.4 Å². The zero-order valence-corrected chi connectivity index (χ0v) is 17.8. The lowest BCUT2D eigenvalue weighted by molar-refractivity contribution is -0.116. The van der Waals surface area contributed by atoms with Crippen LogP contribution in [0.2, 0.25) is 5.02 Å². The van der Waals surface area contributed by atoms with Crippen molar-refractivity contribution in [1.29, 1.82) is 0 Å². The summed E-state index contributed by atoms with van der Waals surface area (Å²) in [4.78, 5) is 12.7. The molecule has 154 valence electrons. The molecule has 30 heavy (non-hydrogen) atoms. The third-order valence-corrected chi connectivity index (χ3v) is 5.32. The van der Waals surface area contributed by atoms with Gasteiger partial charge in [0.25, 0.3) is 0 Å². The highest BCUT2D eigenvalue weighted by atomic mass is 35.5. The highest BCUT2D eigenvalue weighted by molar-refractivity contribution is 7.71.